The highest BCUT2D eigenvalue weighted by molar-refractivity contribution is 5.92. The predicted octanol–water partition coefficient (Wildman–Crippen LogP) is 1.31. The lowest BCUT2D eigenvalue weighted by atomic mass is 10.1. The molecule has 1 amide bonds. The second-order valence-corrected chi connectivity index (χ2v) is 4.60. The Morgan fingerprint density at radius 3 is 2.68 bits per heavy atom. The van der Waals surface area contributed by atoms with Crippen molar-refractivity contribution in [1.82, 2.24) is 15.1 Å². The topological polar surface area (TPSA) is 84.2 Å². The van der Waals surface area contributed by atoms with E-state index in [1.807, 2.05) is 13.8 Å². The summed E-state index contributed by atoms with van der Waals surface area (Å²) in [6, 6.07) is 1.78. The minimum absolute atomic E-state index is 0.0491. The van der Waals surface area contributed by atoms with E-state index in [1.54, 1.807) is 17.7 Å². The van der Waals surface area contributed by atoms with Gasteiger partial charge in [-0.3, -0.25) is 14.3 Å². The maximum absolute atomic E-state index is 12.0. The monoisotopic (exact) mass is 267 g/mol. The molecule has 0 aliphatic heterocycles. The Bertz CT molecular complexity index is 454. The molecule has 0 aliphatic carbocycles. The zero-order chi connectivity index (χ0) is 14.4. The molecular formula is C13H21N3O3. The van der Waals surface area contributed by atoms with E-state index in [-0.39, 0.29) is 18.2 Å². The predicted molar refractivity (Wildman–Crippen MR) is 71.0 cm³/mol. The van der Waals surface area contributed by atoms with Crippen LogP contribution in [0.2, 0.25) is 0 Å². The highest BCUT2D eigenvalue weighted by Gasteiger charge is 2.15. The average molecular weight is 267 g/mol. The molecular weight excluding hydrogens is 246 g/mol. The highest BCUT2D eigenvalue weighted by atomic mass is 16.4. The Morgan fingerprint density at radius 1 is 1.47 bits per heavy atom. The Kier molecular flexibility index (Phi) is 5.54. The van der Waals surface area contributed by atoms with Gasteiger partial charge in [-0.25, -0.2) is 0 Å². The summed E-state index contributed by atoms with van der Waals surface area (Å²) in [5, 5.41) is 15.7. The number of carbonyl (C=O) groups is 2. The lowest BCUT2D eigenvalue weighted by Crippen LogP contribution is -2.30. The van der Waals surface area contributed by atoms with Crippen molar-refractivity contribution in [3.05, 3.63) is 17.5 Å². The molecule has 0 aliphatic rings. The van der Waals surface area contributed by atoms with Gasteiger partial charge in [0.2, 0.25) is 0 Å². The van der Waals surface area contributed by atoms with Crippen molar-refractivity contribution in [3.8, 4) is 0 Å². The van der Waals surface area contributed by atoms with Crippen LogP contribution in [0.3, 0.4) is 0 Å². The summed E-state index contributed by atoms with van der Waals surface area (Å²) < 4.78 is 1.66. The quantitative estimate of drug-likeness (QED) is 0.780. The number of carboxylic acids is 1. The van der Waals surface area contributed by atoms with Crippen molar-refractivity contribution in [2.75, 3.05) is 6.54 Å². The van der Waals surface area contributed by atoms with Crippen LogP contribution in [0.15, 0.2) is 6.07 Å². The van der Waals surface area contributed by atoms with E-state index in [1.165, 1.54) is 0 Å². The molecule has 0 fully saturated rings. The summed E-state index contributed by atoms with van der Waals surface area (Å²) in [6.07, 6.45) is 0.830. The van der Waals surface area contributed by atoms with Crippen LogP contribution in [0, 0.1) is 5.92 Å². The van der Waals surface area contributed by atoms with E-state index < -0.39 is 5.97 Å². The lowest BCUT2D eigenvalue weighted by Gasteiger charge is -2.10. The molecule has 1 aromatic rings. The van der Waals surface area contributed by atoms with Crippen molar-refractivity contribution in [1.29, 1.82) is 0 Å². The molecule has 0 bridgehead atoms. The minimum atomic E-state index is -0.853. The summed E-state index contributed by atoms with van der Waals surface area (Å²) in [5.74, 6) is -1.15. The molecule has 1 heterocycles. The Labute approximate surface area is 112 Å². The number of amides is 1. The summed E-state index contributed by atoms with van der Waals surface area (Å²) in [5.41, 5.74) is 1.41. The first-order valence-electron chi connectivity index (χ1n) is 6.54. The van der Waals surface area contributed by atoms with Gasteiger partial charge in [0, 0.05) is 19.5 Å². The van der Waals surface area contributed by atoms with E-state index >= 15 is 0 Å². The maximum atomic E-state index is 12.0. The third kappa shape index (κ3) is 4.39. The number of nitrogens with one attached hydrogen (secondary N) is 1. The first kappa shape index (κ1) is 15.2. The van der Waals surface area contributed by atoms with Crippen LogP contribution in [0.1, 0.15) is 43.4 Å². The minimum Gasteiger partial charge on any atom is -0.481 e. The van der Waals surface area contributed by atoms with Gasteiger partial charge in [0.05, 0.1) is 5.69 Å². The van der Waals surface area contributed by atoms with E-state index in [2.05, 4.69) is 10.4 Å². The second kappa shape index (κ2) is 6.92. The molecule has 1 aromatic heterocycles. The standard InChI is InChI=1S/C13H21N3O3/c1-4-10-7-11(16(5-2)15-10)13(19)14-8-9(3)6-12(17)18/h7,9H,4-6,8H2,1-3H3,(H,14,19)(H,17,18). The molecule has 0 aromatic carbocycles. The van der Waals surface area contributed by atoms with E-state index in [0.717, 1.165) is 12.1 Å². The second-order valence-electron chi connectivity index (χ2n) is 4.60. The number of carbonyl (C=O) groups excluding carboxylic acids is 1. The third-order valence-corrected chi connectivity index (χ3v) is 2.86. The smallest absolute Gasteiger partial charge is 0.303 e. The molecule has 19 heavy (non-hydrogen) atoms. The zero-order valence-corrected chi connectivity index (χ0v) is 11.6. The van der Waals surface area contributed by atoms with Gasteiger partial charge in [0.15, 0.2) is 0 Å². The molecule has 0 radical (unpaired) electrons. The number of aromatic nitrogens is 2. The van der Waals surface area contributed by atoms with Crippen LogP contribution in [-0.2, 0) is 17.8 Å². The van der Waals surface area contributed by atoms with Gasteiger partial charge in [-0.05, 0) is 25.3 Å². The average Bonchev–Trinajstić information content (AvgIpc) is 2.78. The summed E-state index contributed by atoms with van der Waals surface area (Å²) in [6.45, 7) is 6.69. The SMILES string of the molecule is CCc1cc(C(=O)NCC(C)CC(=O)O)n(CC)n1. The van der Waals surface area contributed by atoms with Gasteiger partial charge >= 0.3 is 5.97 Å². The van der Waals surface area contributed by atoms with Crippen LogP contribution >= 0.6 is 0 Å². The molecule has 0 spiro atoms. The highest BCUT2D eigenvalue weighted by Crippen LogP contribution is 2.06. The third-order valence-electron chi connectivity index (χ3n) is 2.86. The molecule has 1 unspecified atom stereocenters. The first-order valence-corrected chi connectivity index (χ1v) is 6.54. The first-order chi connectivity index (χ1) is 8.97. The molecule has 2 N–H and O–H groups in total. The number of hydrogen-bond donors (Lipinski definition) is 2. The molecule has 106 valence electrons. The molecule has 0 saturated heterocycles. The lowest BCUT2D eigenvalue weighted by molar-refractivity contribution is -0.137. The largest absolute Gasteiger partial charge is 0.481 e. The Hall–Kier alpha value is -1.85. The maximum Gasteiger partial charge on any atom is 0.303 e. The summed E-state index contributed by atoms with van der Waals surface area (Å²) in [7, 11) is 0. The zero-order valence-electron chi connectivity index (χ0n) is 11.6. The van der Waals surface area contributed by atoms with Crippen molar-refractivity contribution in [2.24, 2.45) is 5.92 Å². The summed E-state index contributed by atoms with van der Waals surface area (Å²) >= 11 is 0. The van der Waals surface area contributed by atoms with Gasteiger partial charge in [-0.15, -0.1) is 0 Å². The number of nitrogens with zero attached hydrogens (tertiary/aromatic N) is 2. The van der Waals surface area contributed by atoms with Crippen molar-refractivity contribution < 1.29 is 14.7 Å². The molecule has 6 heteroatoms. The fraction of sp³-hybridized carbons (Fsp3) is 0.615. The van der Waals surface area contributed by atoms with E-state index in [4.69, 9.17) is 5.11 Å². The Morgan fingerprint density at radius 2 is 2.16 bits per heavy atom. The summed E-state index contributed by atoms with van der Waals surface area (Å²) in [4.78, 5) is 22.6. The van der Waals surface area contributed by atoms with Gasteiger partial charge in [0.25, 0.3) is 5.91 Å². The fourth-order valence-electron chi connectivity index (χ4n) is 1.79. The van der Waals surface area contributed by atoms with Crippen molar-refractivity contribution in [3.63, 3.8) is 0 Å². The molecule has 0 saturated carbocycles. The number of hydrogen-bond acceptors (Lipinski definition) is 3. The fourth-order valence-corrected chi connectivity index (χ4v) is 1.79. The van der Waals surface area contributed by atoms with Gasteiger partial charge in [-0.1, -0.05) is 13.8 Å². The number of aryl methyl sites for hydroxylation is 2. The van der Waals surface area contributed by atoms with Crippen LogP contribution in [0.5, 0.6) is 0 Å². The van der Waals surface area contributed by atoms with Crippen LogP contribution in [-0.4, -0.2) is 33.3 Å². The number of rotatable bonds is 7. The van der Waals surface area contributed by atoms with Crippen molar-refractivity contribution in [2.45, 2.75) is 40.2 Å². The Balaban J connectivity index is 2.62. The van der Waals surface area contributed by atoms with Crippen LogP contribution in [0.25, 0.3) is 0 Å². The van der Waals surface area contributed by atoms with Crippen molar-refractivity contribution >= 4 is 11.9 Å². The van der Waals surface area contributed by atoms with Crippen LogP contribution in [0.4, 0.5) is 0 Å². The number of carboxylic acid groups (broad SMARTS) is 1. The van der Waals surface area contributed by atoms with Gasteiger partial charge in [-0.2, -0.15) is 5.10 Å². The number of aliphatic carboxylic acids is 1. The van der Waals surface area contributed by atoms with E-state index in [0.29, 0.717) is 18.8 Å². The molecule has 1 atom stereocenters. The van der Waals surface area contributed by atoms with E-state index in [9.17, 15) is 9.59 Å². The molecule has 1 rings (SSSR count). The molecule has 6 nitrogen and oxygen atoms in total. The van der Waals surface area contributed by atoms with Gasteiger partial charge in [0.1, 0.15) is 5.69 Å². The van der Waals surface area contributed by atoms with Gasteiger partial charge < -0.3 is 10.4 Å². The normalized spacial score (nSPS) is 12.2. The van der Waals surface area contributed by atoms with Crippen LogP contribution < -0.4 is 5.32 Å².